The molecule has 0 aliphatic rings. The van der Waals surface area contributed by atoms with Crippen LogP contribution in [0.25, 0.3) is 0 Å². The number of aryl methyl sites for hydroxylation is 1. The molecule has 0 radical (unpaired) electrons. The largest absolute Gasteiger partial charge is 0.446 e. The fourth-order valence-electron chi connectivity index (χ4n) is 1.55. The molecule has 0 bridgehead atoms. The Labute approximate surface area is 123 Å². The Kier molecular flexibility index (Phi) is 4.19. The van der Waals surface area contributed by atoms with Crippen LogP contribution in [0.15, 0.2) is 40.3 Å². The van der Waals surface area contributed by atoms with Gasteiger partial charge in [-0.1, -0.05) is 0 Å². The van der Waals surface area contributed by atoms with Gasteiger partial charge in [0.05, 0.1) is 11.9 Å². The Morgan fingerprint density at radius 1 is 1.24 bits per heavy atom. The number of hydrogen-bond acceptors (Lipinski definition) is 4. The second-order valence-corrected chi connectivity index (χ2v) is 6.83. The molecule has 0 unspecified atom stereocenters. The standard InChI is InChI=1S/C11H10F3N3O2S2/c1-7-10(6-15-16-7)21(18,19)17-8-2-4-9(5-3-8)20-11(12,13)14/h2-6,17H,1H3,(H,15,16). The zero-order valence-electron chi connectivity index (χ0n) is 10.6. The highest BCUT2D eigenvalue weighted by atomic mass is 32.2. The average molecular weight is 337 g/mol. The van der Waals surface area contributed by atoms with Crippen LogP contribution in [0.5, 0.6) is 0 Å². The van der Waals surface area contributed by atoms with E-state index in [2.05, 4.69) is 14.9 Å². The summed E-state index contributed by atoms with van der Waals surface area (Å²) in [6.07, 6.45) is 1.16. The van der Waals surface area contributed by atoms with E-state index in [1.165, 1.54) is 24.3 Å². The van der Waals surface area contributed by atoms with E-state index in [0.29, 0.717) is 5.69 Å². The van der Waals surface area contributed by atoms with Gasteiger partial charge in [0.25, 0.3) is 10.0 Å². The first-order valence-corrected chi connectivity index (χ1v) is 7.86. The molecule has 10 heteroatoms. The molecule has 1 aromatic carbocycles. The summed E-state index contributed by atoms with van der Waals surface area (Å²) >= 11 is -0.265. The first-order chi connectivity index (χ1) is 9.67. The van der Waals surface area contributed by atoms with Crippen LogP contribution < -0.4 is 4.72 Å². The molecule has 114 valence electrons. The van der Waals surface area contributed by atoms with Crippen LogP contribution in [0.4, 0.5) is 18.9 Å². The minimum Gasteiger partial charge on any atom is -0.281 e. The van der Waals surface area contributed by atoms with Crippen molar-refractivity contribution in [2.75, 3.05) is 4.72 Å². The highest BCUT2D eigenvalue weighted by Gasteiger charge is 2.29. The second kappa shape index (κ2) is 5.60. The minimum atomic E-state index is -4.38. The quantitative estimate of drug-likeness (QED) is 0.841. The molecule has 0 atom stereocenters. The summed E-state index contributed by atoms with van der Waals surface area (Å²) in [5, 5.41) is 6.11. The number of benzene rings is 1. The summed E-state index contributed by atoms with van der Waals surface area (Å²) in [6, 6.07) is 4.92. The molecular weight excluding hydrogens is 327 g/mol. The average Bonchev–Trinajstić information content (AvgIpc) is 2.77. The van der Waals surface area contributed by atoms with Gasteiger partial charge in [0, 0.05) is 10.6 Å². The normalized spacial score (nSPS) is 12.4. The lowest BCUT2D eigenvalue weighted by Crippen LogP contribution is -2.13. The maximum absolute atomic E-state index is 12.2. The molecule has 2 aromatic rings. The number of rotatable bonds is 4. The molecule has 0 saturated carbocycles. The topological polar surface area (TPSA) is 74.8 Å². The molecule has 0 saturated heterocycles. The van der Waals surface area contributed by atoms with Crippen molar-refractivity contribution < 1.29 is 21.6 Å². The van der Waals surface area contributed by atoms with Gasteiger partial charge in [-0.25, -0.2) is 8.42 Å². The van der Waals surface area contributed by atoms with Crippen LogP contribution >= 0.6 is 11.8 Å². The second-order valence-electron chi connectivity index (χ2n) is 4.04. The van der Waals surface area contributed by atoms with Crippen LogP contribution in [-0.2, 0) is 10.0 Å². The van der Waals surface area contributed by atoms with Gasteiger partial charge in [-0.05, 0) is 43.0 Å². The molecule has 2 rings (SSSR count). The van der Waals surface area contributed by atoms with Crippen molar-refractivity contribution in [3.05, 3.63) is 36.2 Å². The number of nitrogens with zero attached hydrogens (tertiary/aromatic N) is 1. The molecule has 0 aliphatic carbocycles. The van der Waals surface area contributed by atoms with E-state index in [0.717, 1.165) is 6.20 Å². The van der Waals surface area contributed by atoms with Gasteiger partial charge in [0.15, 0.2) is 0 Å². The lowest BCUT2D eigenvalue weighted by Gasteiger charge is -2.09. The van der Waals surface area contributed by atoms with Crippen molar-refractivity contribution in [1.29, 1.82) is 0 Å². The summed E-state index contributed by atoms with van der Waals surface area (Å²) in [4.78, 5) is -0.0406. The van der Waals surface area contributed by atoms with Crippen LogP contribution in [0.2, 0.25) is 0 Å². The third-order valence-electron chi connectivity index (χ3n) is 2.41. The van der Waals surface area contributed by atoms with Crippen LogP contribution in [0, 0.1) is 6.92 Å². The fraction of sp³-hybridized carbons (Fsp3) is 0.182. The van der Waals surface area contributed by atoms with E-state index in [-0.39, 0.29) is 27.2 Å². The van der Waals surface area contributed by atoms with Gasteiger partial charge in [0.2, 0.25) is 0 Å². The molecule has 0 amide bonds. The number of halogens is 3. The first-order valence-electron chi connectivity index (χ1n) is 5.56. The van der Waals surface area contributed by atoms with Crippen molar-refractivity contribution >= 4 is 27.5 Å². The molecular formula is C11H10F3N3O2S2. The predicted molar refractivity (Wildman–Crippen MR) is 72.5 cm³/mol. The van der Waals surface area contributed by atoms with E-state index in [1.54, 1.807) is 6.92 Å². The third-order valence-corrected chi connectivity index (χ3v) is 4.65. The molecule has 1 aromatic heterocycles. The van der Waals surface area contributed by atoms with Gasteiger partial charge in [-0.3, -0.25) is 9.82 Å². The van der Waals surface area contributed by atoms with Crippen molar-refractivity contribution in [3.63, 3.8) is 0 Å². The molecule has 0 fully saturated rings. The van der Waals surface area contributed by atoms with Gasteiger partial charge >= 0.3 is 5.51 Å². The van der Waals surface area contributed by atoms with Crippen molar-refractivity contribution in [3.8, 4) is 0 Å². The molecule has 21 heavy (non-hydrogen) atoms. The molecule has 5 nitrogen and oxygen atoms in total. The maximum Gasteiger partial charge on any atom is 0.446 e. The number of sulfonamides is 1. The number of hydrogen-bond donors (Lipinski definition) is 2. The maximum atomic E-state index is 12.2. The van der Waals surface area contributed by atoms with Gasteiger partial charge in [-0.2, -0.15) is 18.3 Å². The monoisotopic (exact) mass is 337 g/mol. The predicted octanol–water partition coefficient (Wildman–Crippen LogP) is 3.13. The fourth-order valence-corrected chi connectivity index (χ4v) is 3.28. The summed E-state index contributed by atoms with van der Waals surface area (Å²) in [5.74, 6) is 0. The number of aromatic nitrogens is 2. The van der Waals surface area contributed by atoms with E-state index >= 15 is 0 Å². The number of thioether (sulfide) groups is 1. The van der Waals surface area contributed by atoms with E-state index in [9.17, 15) is 21.6 Å². The van der Waals surface area contributed by atoms with Gasteiger partial charge in [-0.15, -0.1) is 0 Å². The lowest BCUT2D eigenvalue weighted by molar-refractivity contribution is -0.0328. The zero-order chi connectivity index (χ0) is 15.7. The molecule has 0 aliphatic heterocycles. The SMILES string of the molecule is Cc1[nH]ncc1S(=O)(=O)Nc1ccc(SC(F)(F)F)cc1. The lowest BCUT2D eigenvalue weighted by atomic mass is 10.3. The number of alkyl halides is 3. The summed E-state index contributed by atoms with van der Waals surface area (Å²) in [5.41, 5.74) is -3.84. The van der Waals surface area contributed by atoms with Crippen molar-refractivity contribution in [2.45, 2.75) is 22.2 Å². The Morgan fingerprint density at radius 2 is 1.86 bits per heavy atom. The number of nitrogens with one attached hydrogen (secondary N) is 2. The minimum absolute atomic E-state index is 0.0174. The molecule has 1 heterocycles. The molecule has 2 N–H and O–H groups in total. The number of H-pyrrole nitrogens is 1. The summed E-state index contributed by atoms with van der Waals surface area (Å²) in [6.45, 7) is 1.55. The highest BCUT2D eigenvalue weighted by Crippen LogP contribution is 2.37. The van der Waals surface area contributed by atoms with Crippen LogP contribution in [0.3, 0.4) is 0 Å². The van der Waals surface area contributed by atoms with E-state index in [4.69, 9.17) is 0 Å². The van der Waals surface area contributed by atoms with Crippen LogP contribution in [0.1, 0.15) is 5.69 Å². The number of anilines is 1. The Balaban J connectivity index is 2.16. The Morgan fingerprint density at radius 3 is 2.33 bits per heavy atom. The Bertz CT molecular complexity index is 724. The summed E-state index contributed by atoms with van der Waals surface area (Å²) < 4.78 is 62.9. The summed E-state index contributed by atoms with van der Waals surface area (Å²) in [7, 11) is -3.82. The van der Waals surface area contributed by atoms with Gasteiger partial charge in [0.1, 0.15) is 4.90 Å². The van der Waals surface area contributed by atoms with Gasteiger partial charge < -0.3 is 0 Å². The highest BCUT2D eigenvalue weighted by molar-refractivity contribution is 8.00. The Hall–Kier alpha value is -1.68. The zero-order valence-corrected chi connectivity index (χ0v) is 12.2. The van der Waals surface area contributed by atoms with Crippen molar-refractivity contribution in [2.24, 2.45) is 0 Å². The first kappa shape index (κ1) is 15.7. The number of aromatic amines is 1. The third kappa shape index (κ3) is 4.14. The molecule has 0 spiro atoms. The van der Waals surface area contributed by atoms with Crippen LogP contribution in [-0.4, -0.2) is 24.1 Å². The smallest absolute Gasteiger partial charge is 0.281 e. The van der Waals surface area contributed by atoms with E-state index in [1.807, 2.05) is 0 Å². The van der Waals surface area contributed by atoms with E-state index < -0.39 is 15.5 Å². The van der Waals surface area contributed by atoms with Crippen molar-refractivity contribution in [1.82, 2.24) is 10.2 Å².